The van der Waals surface area contributed by atoms with Crippen molar-refractivity contribution in [3.05, 3.63) is 11.7 Å². The van der Waals surface area contributed by atoms with Crippen LogP contribution in [0.15, 0.2) is 4.52 Å². The lowest BCUT2D eigenvalue weighted by molar-refractivity contribution is -0.151. The second-order valence-electron chi connectivity index (χ2n) is 4.78. The van der Waals surface area contributed by atoms with Crippen molar-refractivity contribution in [3.8, 4) is 0 Å². The molecule has 0 unspecified atom stereocenters. The van der Waals surface area contributed by atoms with E-state index in [4.69, 9.17) is 9.26 Å². The van der Waals surface area contributed by atoms with Crippen LogP contribution in [-0.4, -0.2) is 22.7 Å². The average molecular weight is 252 g/mol. The summed E-state index contributed by atoms with van der Waals surface area (Å²) in [7, 11) is 0. The molecule has 1 fully saturated rings. The van der Waals surface area contributed by atoms with Crippen molar-refractivity contribution in [3.63, 3.8) is 0 Å². The van der Waals surface area contributed by atoms with Crippen LogP contribution in [0.1, 0.15) is 57.7 Å². The number of aromatic nitrogens is 2. The molecule has 0 aliphatic heterocycles. The monoisotopic (exact) mass is 252 g/mol. The van der Waals surface area contributed by atoms with Crippen molar-refractivity contribution in [2.75, 3.05) is 6.61 Å². The van der Waals surface area contributed by atoms with E-state index in [2.05, 4.69) is 17.1 Å². The average Bonchev–Trinajstić information content (AvgIpc) is 2.98. The summed E-state index contributed by atoms with van der Waals surface area (Å²) in [6.07, 6.45) is 5.25. The van der Waals surface area contributed by atoms with E-state index < -0.39 is 5.41 Å². The van der Waals surface area contributed by atoms with Crippen LogP contribution in [0.25, 0.3) is 0 Å². The van der Waals surface area contributed by atoms with Crippen molar-refractivity contribution < 1.29 is 14.1 Å². The summed E-state index contributed by atoms with van der Waals surface area (Å²) in [5.74, 6) is 0.916. The Morgan fingerprint density at radius 2 is 2.11 bits per heavy atom. The largest absolute Gasteiger partial charge is 0.465 e. The van der Waals surface area contributed by atoms with Crippen molar-refractivity contribution in [2.24, 2.45) is 0 Å². The lowest BCUT2D eigenvalue weighted by atomic mass is 9.86. The van der Waals surface area contributed by atoms with Gasteiger partial charge in [0.05, 0.1) is 6.61 Å². The van der Waals surface area contributed by atoms with E-state index in [0.717, 1.165) is 38.5 Å². The smallest absolute Gasteiger partial charge is 0.321 e. The van der Waals surface area contributed by atoms with Crippen molar-refractivity contribution in [1.29, 1.82) is 0 Å². The molecule has 1 aromatic heterocycles. The van der Waals surface area contributed by atoms with E-state index >= 15 is 0 Å². The minimum atomic E-state index is -0.686. The number of ether oxygens (including phenoxy) is 1. The first kappa shape index (κ1) is 13.1. The molecule has 1 aromatic rings. The SMILES string of the molecule is CCCc1noc(C2(C(=O)OCC)CCCC2)n1. The molecular formula is C13H20N2O3. The molecule has 0 bridgehead atoms. The molecule has 0 saturated heterocycles. The fourth-order valence-electron chi connectivity index (χ4n) is 2.53. The molecule has 0 N–H and O–H groups in total. The Hall–Kier alpha value is -1.39. The topological polar surface area (TPSA) is 65.2 Å². The van der Waals surface area contributed by atoms with Crippen molar-refractivity contribution in [2.45, 2.75) is 57.8 Å². The van der Waals surface area contributed by atoms with Gasteiger partial charge in [0.15, 0.2) is 5.82 Å². The van der Waals surface area contributed by atoms with Crippen LogP contribution >= 0.6 is 0 Å². The first-order valence-corrected chi connectivity index (χ1v) is 6.73. The fourth-order valence-corrected chi connectivity index (χ4v) is 2.53. The van der Waals surface area contributed by atoms with Gasteiger partial charge in [0.25, 0.3) is 0 Å². The Bertz CT molecular complexity index is 408. The van der Waals surface area contributed by atoms with Gasteiger partial charge < -0.3 is 9.26 Å². The summed E-state index contributed by atoms with van der Waals surface area (Å²) < 4.78 is 10.5. The molecule has 1 aliphatic rings. The standard InChI is InChI=1S/C13H20N2O3/c1-3-7-10-14-11(18-15-10)13(8-5-6-9-13)12(16)17-4-2/h3-9H2,1-2H3. The van der Waals surface area contributed by atoms with E-state index in [1.165, 1.54) is 0 Å². The second kappa shape index (κ2) is 5.50. The Kier molecular flexibility index (Phi) is 3.99. The van der Waals surface area contributed by atoms with Gasteiger partial charge in [-0.05, 0) is 26.2 Å². The summed E-state index contributed by atoms with van der Waals surface area (Å²) >= 11 is 0. The molecular weight excluding hydrogens is 232 g/mol. The zero-order valence-electron chi connectivity index (χ0n) is 11.1. The first-order valence-electron chi connectivity index (χ1n) is 6.73. The van der Waals surface area contributed by atoms with Gasteiger partial charge in [-0.15, -0.1) is 0 Å². The molecule has 0 radical (unpaired) electrons. The van der Waals surface area contributed by atoms with Gasteiger partial charge in [0, 0.05) is 6.42 Å². The van der Waals surface area contributed by atoms with Gasteiger partial charge in [-0.3, -0.25) is 4.79 Å². The van der Waals surface area contributed by atoms with Crippen LogP contribution in [0.4, 0.5) is 0 Å². The quantitative estimate of drug-likeness (QED) is 0.753. The highest BCUT2D eigenvalue weighted by atomic mass is 16.5. The van der Waals surface area contributed by atoms with Gasteiger partial charge in [-0.25, -0.2) is 0 Å². The van der Waals surface area contributed by atoms with E-state index in [9.17, 15) is 4.79 Å². The molecule has 5 heteroatoms. The third-order valence-corrected chi connectivity index (χ3v) is 3.47. The molecule has 0 spiro atoms. The summed E-state index contributed by atoms with van der Waals surface area (Å²) in [4.78, 5) is 16.6. The van der Waals surface area contributed by atoms with E-state index in [-0.39, 0.29) is 5.97 Å². The maximum atomic E-state index is 12.2. The fraction of sp³-hybridized carbons (Fsp3) is 0.769. The predicted octanol–water partition coefficient (Wildman–Crippen LogP) is 2.40. The van der Waals surface area contributed by atoms with Gasteiger partial charge in [0.2, 0.25) is 5.89 Å². The maximum absolute atomic E-state index is 12.2. The predicted molar refractivity (Wildman–Crippen MR) is 65.1 cm³/mol. The normalized spacial score (nSPS) is 17.9. The van der Waals surface area contributed by atoms with Gasteiger partial charge in [-0.2, -0.15) is 4.98 Å². The van der Waals surface area contributed by atoms with Crippen LogP contribution in [0.2, 0.25) is 0 Å². The number of hydrogen-bond acceptors (Lipinski definition) is 5. The number of nitrogens with zero attached hydrogens (tertiary/aromatic N) is 2. The highest BCUT2D eigenvalue weighted by molar-refractivity contribution is 5.82. The Morgan fingerprint density at radius 3 is 2.72 bits per heavy atom. The lowest BCUT2D eigenvalue weighted by Crippen LogP contribution is -2.35. The third kappa shape index (κ3) is 2.26. The number of carbonyl (C=O) groups is 1. The lowest BCUT2D eigenvalue weighted by Gasteiger charge is -2.21. The molecule has 5 nitrogen and oxygen atoms in total. The summed E-state index contributed by atoms with van der Waals surface area (Å²) in [6, 6.07) is 0. The van der Waals surface area contributed by atoms with Crippen molar-refractivity contribution in [1.82, 2.24) is 10.1 Å². The zero-order chi connectivity index (χ0) is 13.0. The van der Waals surface area contributed by atoms with E-state index in [1.54, 1.807) is 0 Å². The van der Waals surface area contributed by atoms with Crippen molar-refractivity contribution >= 4 is 5.97 Å². The number of rotatable bonds is 5. The Labute approximate surface area is 107 Å². The van der Waals surface area contributed by atoms with E-state index in [1.807, 2.05) is 6.92 Å². The molecule has 100 valence electrons. The molecule has 0 aromatic carbocycles. The number of aryl methyl sites for hydroxylation is 1. The molecule has 1 saturated carbocycles. The molecule has 18 heavy (non-hydrogen) atoms. The van der Waals surface area contributed by atoms with Gasteiger partial charge in [-0.1, -0.05) is 24.9 Å². The minimum Gasteiger partial charge on any atom is -0.465 e. The molecule has 1 heterocycles. The zero-order valence-corrected chi connectivity index (χ0v) is 11.1. The van der Waals surface area contributed by atoms with E-state index in [0.29, 0.717) is 18.3 Å². The highest BCUT2D eigenvalue weighted by Gasteiger charge is 2.48. The second-order valence-corrected chi connectivity index (χ2v) is 4.78. The highest BCUT2D eigenvalue weighted by Crippen LogP contribution is 2.41. The molecule has 1 aliphatic carbocycles. The maximum Gasteiger partial charge on any atom is 0.321 e. The van der Waals surface area contributed by atoms with Crippen LogP contribution in [0, 0.1) is 0 Å². The molecule has 2 rings (SSSR count). The van der Waals surface area contributed by atoms with Crippen LogP contribution < -0.4 is 0 Å². The summed E-state index contributed by atoms with van der Waals surface area (Å²) in [6.45, 7) is 4.26. The van der Waals surface area contributed by atoms with Crippen LogP contribution in [-0.2, 0) is 21.4 Å². The third-order valence-electron chi connectivity index (χ3n) is 3.47. The Morgan fingerprint density at radius 1 is 1.39 bits per heavy atom. The number of hydrogen-bond donors (Lipinski definition) is 0. The number of carbonyl (C=O) groups excluding carboxylic acids is 1. The van der Waals surface area contributed by atoms with Crippen LogP contribution in [0.5, 0.6) is 0 Å². The Balaban J connectivity index is 2.25. The molecule has 0 amide bonds. The van der Waals surface area contributed by atoms with Crippen LogP contribution in [0.3, 0.4) is 0 Å². The first-order chi connectivity index (χ1) is 8.73. The summed E-state index contributed by atoms with van der Waals surface area (Å²) in [5.41, 5.74) is -0.686. The minimum absolute atomic E-state index is 0.214. The summed E-state index contributed by atoms with van der Waals surface area (Å²) in [5, 5.41) is 3.94. The van der Waals surface area contributed by atoms with Gasteiger partial charge >= 0.3 is 5.97 Å². The number of esters is 1. The molecule has 0 atom stereocenters. The van der Waals surface area contributed by atoms with Gasteiger partial charge in [0.1, 0.15) is 5.41 Å².